The van der Waals surface area contributed by atoms with E-state index < -0.39 is 0 Å². The van der Waals surface area contributed by atoms with E-state index in [2.05, 4.69) is 5.32 Å². The lowest BCUT2D eigenvalue weighted by molar-refractivity contribution is -0.116. The fraction of sp³-hybridized carbons (Fsp3) is 0.188. The molecule has 21 heavy (non-hydrogen) atoms. The standard InChI is InChI=1S/C16H16FNO2S/c17-13-4-7-15(8-5-13)21-12-2-10-18-16(19)9-6-14-3-1-11-20-14/h1,3-9,11H,2,10,12H2,(H,18,19). The third-order valence-electron chi connectivity index (χ3n) is 2.64. The minimum atomic E-state index is -0.227. The molecule has 0 saturated carbocycles. The molecule has 0 spiro atoms. The van der Waals surface area contributed by atoms with E-state index in [0.29, 0.717) is 12.3 Å². The van der Waals surface area contributed by atoms with E-state index >= 15 is 0 Å². The summed E-state index contributed by atoms with van der Waals surface area (Å²) in [5.41, 5.74) is 0. The van der Waals surface area contributed by atoms with E-state index in [9.17, 15) is 9.18 Å². The highest BCUT2D eigenvalue weighted by molar-refractivity contribution is 7.99. The number of furan rings is 1. The predicted octanol–water partition coefficient (Wildman–Crippen LogP) is 3.73. The number of nitrogens with one attached hydrogen (secondary N) is 1. The number of hydrogen-bond acceptors (Lipinski definition) is 3. The van der Waals surface area contributed by atoms with E-state index in [4.69, 9.17) is 4.42 Å². The second-order valence-electron chi connectivity index (χ2n) is 4.30. The Labute approximate surface area is 127 Å². The van der Waals surface area contributed by atoms with Crippen LogP contribution in [0.25, 0.3) is 6.08 Å². The molecule has 0 fully saturated rings. The Balaban J connectivity index is 1.59. The number of carbonyl (C=O) groups is 1. The highest BCUT2D eigenvalue weighted by Crippen LogP contribution is 2.18. The first-order valence-corrected chi connectivity index (χ1v) is 7.60. The van der Waals surface area contributed by atoms with Crippen molar-refractivity contribution >= 4 is 23.7 Å². The molecule has 0 atom stereocenters. The molecule has 0 bridgehead atoms. The minimum Gasteiger partial charge on any atom is -0.465 e. The first kappa shape index (κ1) is 15.4. The Morgan fingerprint density at radius 1 is 1.29 bits per heavy atom. The summed E-state index contributed by atoms with van der Waals surface area (Å²) in [4.78, 5) is 12.5. The van der Waals surface area contributed by atoms with Crippen LogP contribution in [-0.2, 0) is 4.79 Å². The number of halogens is 1. The monoisotopic (exact) mass is 305 g/mol. The summed E-state index contributed by atoms with van der Waals surface area (Å²) in [5.74, 6) is 1.15. The Bertz CT molecular complexity index is 579. The van der Waals surface area contributed by atoms with Crippen LogP contribution < -0.4 is 5.32 Å². The molecule has 1 N–H and O–H groups in total. The quantitative estimate of drug-likeness (QED) is 0.481. The van der Waals surface area contributed by atoms with Crippen LogP contribution in [0.5, 0.6) is 0 Å². The number of hydrogen-bond donors (Lipinski definition) is 1. The third-order valence-corrected chi connectivity index (χ3v) is 3.74. The topological polar surface area (TPSA) is 42.2 Å². The third kappa shape index (κ3) is 5.87. The fourth-order valence-electron chi connectivity index (χ4n) is 1.61. The van der Waals surface area contributed by atoms with Crippen molar-refractivity contribution in [2.75, 3.05) is 12.3 Å². The van der Waals surface area contributed by atoms with Crippen LogP contribution in [-0.4, -0.2) is 18.2 Å². The summed E-state index contributed by atoms with van der Waals surface area (Å²) in [5, 5.41) is 2.80. The van der Waals surface area contributed by atoms with Crippen molar-refractivity contribution in [2.24, 2.45) is 0 Å². The molecule has 0 saturated heterocycles. The van der Waals surface area contributed by atoms with Crippen LogP contribution in [0.2, 0.25) is 0 Å². The molecular formula is C16H16FNO2S. The maximum Gasteiger partial charge on any atom is 0.244 e. The van der Waals surface area contributed by atoms with Crippen LogP contribution in [0.3, 0.4) is 0 Å². The number of amides is 1. The van der Waals surface area contributed by atoms with Crippen molar-refractivity contribution in [3.05, 3.63) is 60.3 Å². The lowest BCUT2D eigenvalue weighted by Gasteiger charge is -2.03. The molecule has 3 nitrogen and oxygen atoms in total. The smallest absolute Gasteiger partial charge is 0.244 e. The van der Waals surface area contributed by atoms with Gasteiger partial charge in [-0.05, 0) is 54.6 Å². The maximum absolute atomic E-state index is 12.7. The van der Waals surface area contributed by atoms with Crippen LogP contribution in [0.15, 0.2) is 58.1 Å². The van der Waals surface area contributed by atoms with Gasteiger partial charge in [0.1, 0.15) is 11.6 Å². The average molecular weight is 305 g/mol. The van der Waals surface area contributed by atoms with Crippen molar-refractivity contribution in [3.8, 4) is 0 Å². The van der Waals surface area contributed by atoms with E-state index in [-0.39, 0.29) is 11.7 Å². The van der Waals surface area contributed by atoms with E-state index in [1.54, 1.807) is 48.4 Å². The summed E-state index contributed by atoms with van der Waals surface area (Å²) < 4.78 is 17.8. The molecule has 110 valence electrons. The van der Waals surface area contributed by atoms with Crippen molar-refractivity contribution in [1.82, 2.24) is 5.32 Å². The summed E-state index contributed by atoms with van der Waals surface area (Å²) in [7, 11) is 0. The molecule has 2 aromatic rings. The maximum atomic E-state index is 12.7. The average Bonchev–Trinajstić information content (AvgIpc) is 3.00. The molecule has 0 radical (unpaired) electrons. The van der Waals surface area contributed by atoms with Crippen molar-refractivity contribution < 1.29 is 13.6 Å². The van der Waals surface area contributed by atoms with Gasteiger partial charge in [-0.3, -0.25) is 4.79 Å². The zero-order chi connectivity index (χ0) is 14.9. The van der Waals surface area contributed by atoms with Gasteiger partial charge < -0.3 is 9.73 Å². The molecule has 0 aliphatic carbocycles. The van der Waals surface area contributed by atoms with Gasteiger partial charge in [-0.2, -0.15) is 0 Å². The summed E-state index contributed by atoms with van der Waals surface area (Å²) in [6, 6.07) is 9.95. The Kier molecular flexibility index (Phi) is 6.09. The lowest BCUT2D eigenvalue weighted by Crippen LogP contribution is -2.22. The number of carbonyl (C=O) groups excluding carboxylic acids is 1. The van der Waals surface area contributed by atoms with Gasteiger partial charge in [0.25, 0.3) is 0 Å². The lowest BCUT2D eigenvalue weighted by atomic mass is 10.3. The minimum absolute atomic E-state index is 0.141. The second kappa shape index (κ2) is 8.32. The molecule has 0 aliphatic rings. The molecule has 1 heterocycles. The highest BCUT2D eigenvalue weighted by atomic mass is 32.2. The van der Waals surface area contributed by atoms with Crippen LogP contribution >= 0.6 is 11.8 Å². The van der Waals surface area contributed by atoms with Crippen molar-refractivity contribution in [3.63, 3.8) is 0 Å². The number of thioether (sulfide) groups is 1. The summed E-state index contributed by atoms with van der Waals surface area (Å²) >= 11 is 1.64. The Hall–Kier alpha value is -2.01. The zero-order valence-corrected chi connectivity index (χ0v) is 12.2. The van der Waals surface area contributed by atoms with Gasteiger partial charge in [0, 0.05) is 17.5 Å². The largest absolute Gasteiger partial charge is 0.465 e. The van der Waals surface area contributed by atoms with Gasteiger partial charge in [0.05, 0.1) is 6.26 Å². The fourth-order valence-corrected chi connectivity index (χ4v) is 2.46. The molecule has 1 amide bonds. The molecule has 0 unspecified atom stereocenters. The molecule has 0 aliphatic heterocycles. The Morgan fingerprint density at radius 2 is 2.10 bits per heavy atom. The van der Waals surface area contributed by atoms with Crippen molar-refractivity contribution in [2.45, 2.75) is 11.3 Å². The first-order valence-electron chi connectivity index (χ1n) is 6.62. The molecule has 2 rings (SSSR count). The van der Waals surface area contributed by atoms with Crippen LogP contribution in [0.4, 0.5) is 4.39 Å². The summed E-state index contributed by atoms with van der Waals surface area (Å²) in [6.45, 7) is 0.607. The molecular weight excluding hydrogens is 289 g/mol. The number of benzene rings is 1. The van der Waals surface area contributed by atoms with E-state index in [0.717, 1.165) is 17.1 Å². The molecule has 5 heteroatoms. The van der Waals surface area contributed by atoms with Gasteiger partial charge in [0.15, 0.2) is 0 Å². The Morgan fingerprint density at radius 3 is 2.81 bits per heavy atom. The van der Waals surface area contributed by atoms with Gasteiger partial charge in [-0.15, -0.1) is 11.8 Å². The molecule has 1 aromatic carbocycles. The van der Waals surface area contributed by atoms with Gasteiger partial charge >= 0.3 is 0 Å². The summed E-state index contributed by atoms with van der Waals surface area (Å²) in [6.07, 6.45) is 5.49. The highest BCUT2D eigenvalue weighted by Gasteiger charge is 1.98. The van der Waals surface area contributed by atoms with Crippen LogP contribution in [0.1, 0.15) is 12.2 Å². The predicted molar refractivity (Wildman–Crippen MR) is 82.5 cm³/mol. The van der Waals surface area contributed by atoms with Gasteiger partial charge in [0.2, 0.25) is 5.91 Å². The SMILES string of the molecule is O=C(C=Cc1ccco1)NCCCSc1ccc(F)cc1. The normalized spacial score (nSPS) is 10.9. The zero-order valence-electron chi connectivity index (χ0n) is 11.4. The van der Waals surface area contributed by atoms with Crippen LogP contribution in [0, 0.1) is 5.82 Å². The van der Waals surface area contributed by atoms with Gasteiger partial charge in [-0.25, -0.2) is 4.39 Å². The van der Waals surface area contributed by atoms with Crippen molar-refractivity contribution in [1.29, 1.82) is 0 Å². The number of rotatable bonds is 7. The first-order chi connectivity index (χ1) is 10.2. The van der Waals surface area contributed by atoms with E-state index in [1.165, 1.54) is 18.2 Å². The van der Waals surface area contributed by atoms with Gasteiger partial charge in [-0.1, -0.05) is 0 Å². The molecule has 1 aromatic heterocycles. The second-order valence-corrected chi connectivity index (χ2v) is 5.46. The van der Waals surface area contributed by atoms with E-state index in [1.807, 2.05) is 0 Å².